The summed E-state index contributed by atoms with van der Waals surface area (Å²) >= 11 is 1.13. The van der Waals surface area contributed by atoms with E-state index < -0.39 is 11.6 Å². The molecule has 1 N–H and O–H groups in total. The SMILES string of the molecule is O=C(CSc1nc2ccccc2c(=O)n1CCC[NH+]1CCOCC1)c1ccc(F)c(F)c1. The minimum Gasteiger partial charge on any atom is -0.370 e. The van der Waals surface area contributed by atoms with E-state index in [0.29, 0.717) is 22.6 Å². The maximum absolute atomic E-state index is 13.5. The predicted molar refractivity (Wildman–Crippen MR) is 118 cm³/mol. The third kappa shape index (κ3) is 5.23. The molecule has 32 heavy (non-hydrogen) atoms. The number of morpholine rings is 1. The van der Waals surface area contributed by atoms with Gasteiger partial charge in [-0.05, 0) is 30.3 Å². The number of aromatic nitrogens is 2. The molecule has 1 aliphatic heterocycles. The minimum atomic E-state index is -1.06. The summed E-state index contributed by atoms with van der Waals surface area (Å²) in [6, 6.07) is 10.2. The fourth-order valence-electron chi connectivity index (χ4n) is 3.74. The lowest BCUT2D eigenvalue weighted by molar-refractivity contribution is -0.908. The Morgan fingerprint density at radius 2 is 1.91 bits per heavy atom. The van der Waals surface area contributed by atoms with Crippen molar-refractivity contribution >= 4 is 28.4 Å². The number of benzene rings is 2. The van der Waals surface area contributed by atoms with Crippen molar-refractivity contribution in [3.05, 3.63) is 70.0 Å². The quantitative estimate of drug-likeness (QED) is 0.316. The van der Waals surface area contributed by atoms with E-state index in [-0.39, 0.29) is 22.7 Å². The summed E-state index contributed by atoms with van der Waals surface area (Å²) in [6.07, 6.45) is 0.792. The number of ether oxygens (including phenoxy) is 1. The molecule has 0 radical (unpaired) electrons. The van der Waals surface area contributed by atoms with Crippen molar-refractivity contribution in [2.45, 2.75) is 18.1 Å². The summed E-state index contributed by atoms with van der Waals surface area (Å²) in [5, 5.41) is 0.976. The van der Waals surface area contributed by atoms with Gasteiger partial charge in [-0.25, -0.2) is 13.8 Å². The van der Waals surface area contributed by atoms with Crippen LogP contribution < -0.4 is 10.5 Å². The average molecular weight is 461 g/mol. The Balaban J connectivity index is 1.53. The van der Waals surface area contributed by atoms with E-state index in [1.54, 1.807) is 22.8 Å². The Kier molecular flexibility index (Phi) is 7.29. The maximum atomic E-state index is 13.5. The first kappa shape index (κ1) is 22.6. The third-order valence-electron chi connectivity index (χ3n) is 5.51. The topological polar surface area (TPSA) is 65.6 Å². The lowest BCUT2D eigenvalue weighted by Gasteiger charge is -2.24. The normalized spacial score (nSPS) is 14.7. The number of nitrogens with zero attached hydrogens (tertiary/aromatic N) is 2. The highest BCUT2D eigenvalue weighted by atomic mass is 32.2. The molecule has 0 spiro atoms. The zero-order valence-corrected chi connectivity index (χ0v) is 18.3. The lowest BCUT2D eigenvalue weighted by Crippen LogP contribution is -3.14. The number of fused-ring (bicyclic) bond motifs is 1. The van der Waals surface area contributed by atoms with Crippen LogP contribution in [0.15, 0.2) is 52.4 Å². The number of Topliss-reactive ketones (excluding diaryl/α,β-unsaturated/α-hetero) is 1. The molecule has 0 unspecified atom stereocenters. The van der Waals surface area contributed by atoms with Gasteiger partial charge in [0, 0.05) is 18.5 Å². The molecule has 4 rings (SSSR count). The summed E-state index contributed by atoms with van der Waals surface area (Å²) in [7, 11) is 0. The number of carbonyl (C=O) groups excluding carboxylic acids is 1. The number of para-hydroxylation sites is 1. The summed E-state index contributed by atoms with van der Waals surface area (Å²) < 4.78 is 33.7. The van der Waals surface area contributed by atoms with E-state index in [1.807, 2.05) is 6.07 Å². The van der Waals surface area contributed by atoms with Crippen LogP contribution in [-0.2, 0) is 11.3 Å². The van der Waals surface area contributed by atoms with E-state index in [9.17, 15) is 18.4 Å². The molecule has 1 fully saturated rings. The van der Waals surface area contributed by atoms with Gasteiger partial charge < -0.3 is 9.64 Å². The molecule has 1 saturated heterocycles. The van der Waals surface area contributed by atoms with Crippen molar-refractivity contribution in [1.82, 2.24) is 9.55 Å². The van der Waals surface area contributed by atoms with Crippen molar-refractivity contribution < 1.29 is 23.2 Å². The number of nitrogens with one attached hydrogen (secondary N) is 1. The molecule has 0 aliphatic carbocycles. The highest BCUT2D eigenvalue weighted by molar-refractivity contribution is 7.99. The molecule has 1 aliphatic rings. The Labute approximate surface area is 188 Å². The summed E-state index contributed by atoms with van der Waals surface area (Å²) in [5.41, 5.74) is 0.507. The van der Waals surface area contributed by atoms with Gasteiger partial charge in [0.15, 0.2) is 22.6 Å². The number of hydrogen-bond acceptors (Lipinski definition) is 5. The highest BCUT2D eigenvalue weighted by Crippen LogP contribution is 2.20. The molecule has 168 valence electrons. The smallest absolute Gasteiger partial charge is 0.262 e. The van der Waals surface area contributed by atoms with Crippen molar-refractivity contribution in [3.8, 4) is 0 Å². The van der Waals surface area contributed by atoms with Gasteiger partial charge in [-0.15, -0.1) is 0 Å². The van der Waals surface area contributed by atoms with E-state index in [2.05, 4.69) is 4.98 Å². The maximum Gasteiger partial charge on any atom is 0.262 e. The standard InChI is InChI=1S/C23H23F2N3O3S/c24-18-7-6-16(14-19(18)25)21(29)15-32-23-26-20-5-2-1-4-17(20)22(30)28(23)9-3-8-27-10-12-31-13-11-27/h1-2,4-7,14H,3,8-13,15H2/p+1. The van der Waals surface area contributed by atoms with Crippen LogP contribution in [0.2, 0.25) is 0 Å². The van der Waals surface area contributed by atoms with Crippen LogP contribution in [0.1, 0.15) is 16.8 Å². The largest absolute Gasteiger partial charge is 0.370 e. The van der Waals surface area contributed by atoms with E-state index >= 15 is 0 Å². The number of halogens is 2. The first-order chi connectivity index (χ1) is 15.5. The zero-order chi connectivity index (χ0) is 22.5. The average Bonchev–Trinajstić information content (AvgIpc) is 2.81. The molecule has 0 saturated carbocycles. The summed E-state index contributed by atoms with van der Waals surface area (Å²) in [6.45, 7) is 4.81. The van der Waals surface area contributed by atoms with Gasteiger partial charge in [-0.3, -0.25) is 14.2 Å². The van der Waals surface area contributed by atoms with Crippen LogP contribution in [0, 0.1) is 11.6 Å². The second kappa shape index (κ2) is 10.3. The Bertz CT molecular complexity index is 1180. The number of rotatable bonds is 8. The zero-order valence-electron chi connectivity index (χ0n) is 17.5. The van der Waals surface area contributed by atoms with Gasteiger partial charge in [0.1, 0.15) is 13.1 Å². The summed E-state index contributed by atoms with van der Waals surface area (Å²) in [5.74, 6) is -2.46. The van der Waals surface area contributed by atoms with Gasteiger partial charge in [-0.1, -0.05) is 23.9 Å². The first-order valence-corrected chi connectivity index (χ1v) is 11.5. The first-order valence-electron chi connectivity index (χ1n) is 10.5. The predicted octanol–water partition coefficient (Wildman–Crippen LogP) is 1.95. The minimum absolute atomic E-state index is 0.0371. The number of hydrogen-bond donors (Lipinski definition) is 1. The molecule has 3 aromatic rings. The molecule has 0 atom stereocenters. The van der Waals surface area contributed by atoms with Crippen molar-refractivity contribution in [2.75, 3.05) is 38.6 Å². The van der Waals surface area contributed by atoms with Gasteiger partial charge in [-0.2, -0.15) is 0 Å². The van der Waals surface area contributed by atoms with Gasteiger partial charge in [0.05, 0.1) is 36.4 Å². The highest BCUT2D eigenvalue weighted by Gasteiger charge is 2.17. The molecular weight excluding hydrogens is 436 g/mol. The van der Waals surface area contributed by atoms with E-state index in [0.717, 1.165) is 63.2 Å². The number of quaternary nitrogens is 1. The van der Waals surface area contributed by atoms with Gasteiger partial charge in [0.2, 0.25) is 0 Å². The Morgan fingerprint density at radius 3 is 2.69 bits per heavy atom. The van der Waals surface area contributed by atoms with Crippen LogP contribution in [0.4, 0.5) is 8.78 Å². The molecule has 0 bridgehead atoms. The molecule has 2 heterocycles. The molecule has 9 heteroatoms. The third-order valence-corrected chi connectivity index (χ3v) is 6.49. The summed E-state index contributed by atoms with van der Waals surface area (Å²) in [4.78, 5) is 31.7. The number of carbonyl (C=O) groups is 1. The molecule has 2 aromatic carbocycles. The van der Waals surface area contributed by atoms with Crippen molar-refractivity contribution in [2.24, 2.45) is 0 Å². The van der Waals surface area contributed by atoms with Gasteiger partial charge >= 0.3 is 0 Å². The number of thioether (sulfide) groups is 1. The van der Waals surface area contributed by atoms with Crippen LogP contribution in [0.25, 0.3) is 10.9 Å². The molecular formula is C23H24F2N3O3S+. The van der Waals surface area contributed by atoms with Crippen LogP contribution >= 0.6 is 11.8 Å². The van der Waals surface area contributed by atoms with Gasteiger partial charge in [0.25, 0.3) is 5.56 Å². The lowest BCUT2D eigenvalue weighted by atomic mass is 10.1. The monoisotopic (exact) mass is 460 g/mol. The molecule has 0 amide bonds. The fourth-order valence-corrected chi connectivity index (χ4v) is 4.66. The second-order valence-corrected chi connectivity index (χ2v) is 8.62. The Morgan fingerprint density at radius 1 is 1.12 bits per heavy atom. The fraction of sp³-hybridized carbons (Fsp3) is 0.348. The van der Waals surface area contributed by atoms with E-state index in [1.165, 1.54) is 11.0 Å². The molecule has 1 aromatic heterocycles. The van der Waals surface area contributed by atoms with Crippen molar-refractivity contribution in [3.63, 3.8) is 0 Å². The van der Waals surface area contributed by atoms with Crippen LogP contribution in [0.3, 0.4) is 0 Å². The Hall–Kier alpha value is -2.62. The van der Waals surface area contributed by atoms with E-state index in [4.69, 9.17) is 4.74 Å². The van der Waals surface area contributed by atoms with Crippen LogP contribution in [-0.4, -0.2) is 53.9 Å². The van der Waals surface area contributed by atoms with Crippen molar-refractivity contribution in [1.29, 1.82) is 0 Å². The van der Waals surface area contributed by atoms with Crippen LogP contribution in [0.5, 0.6) is 0 Å². The second-order valence-electron chi connectivity index (χ2n) is 7.67. The number of ketones is 1. The molecule has 6 nitrogen and oxygen atoms in total.